The summed E-state index contributed by atoms with van der Waals surface area (Å²) in [6.07, 6.45) is 1.64. The highest BCUT2D eigenvalue weighted by molar-refractivity contribution is 7.92. The van der Waals surface area contributed by atoms with Gasteiger partial charge in [-0.25, -0.2) is 8.42 Å². The van der Waals surface area contributed by atoms with Gasteiger partial charge in [0.2, 0.25) is 0 Å². The van der Waals surface area contributed by atoms with Gasteiger partial charge in [-0.3, -0.25) is 0 Å². The van der Waals surface area contributed by atoms with Gasteiger partial charge in [0.05, 0.1) is 22.9 Å². The number of hydrogen-bond donors (Lipinski definition) is 2. The maximum atomic E-state index is 11.4. The molecule has 1 aliphatic heterocycles. The third-order valence-corrected chi connectivity index (χ3v) is 5.02. The van der Waals surface area contributed by atoms with Crippen molar-refractivity contribution >= 4 is 44.2 Å². The zero-order valence-corrected chi connectivity index (χ0v) is 14.8. The number of benzene rings is 2. The van der Waals surface area contributed by atoms with Gasteiger partial charge in [0, 0.05) is 11.4 Å². The average molecular weight is 372 g/mol. The van der Waals surface area contributed by atoms with Crippen LogP contribution in [0.25, 0.3) is 0 Å². The monoisotopic (exact) mass is 372 g/mol. The summed E-state index contributed by atoms with van der Waals surface area (Å²) >= 11 is 5.20. The lowest BCUT2D eigenvalue weighted by Crippen LogP contribution is -2.28. The number of azo groups is 1. The van der Waals surface area contributed by atoms with Gasteiger partial charge in [-0.15, -0.1) is 0 Å². The molecule has 0 aromatic heterocycles. The van der Waals surface area contributed by atoms with E-state index in [0.717, 1.165) is 17.1 Å². The Morgan fingerprint density at radius 3 is 2.16 bits per heavy atom. The normalized spacial score (nSPS) is 15.8. The standard InChI is InChI=1S/C17H16N4O2S2/c22-25(23)11-10-16(12-25)19-17(24)18-13-6-8-15(9-7-13)21-20-14-4-2-1-3-5-14/h1-10H,11-12H2,(H2,18,19,24). The van der Waals surface area contributed by atoms with Crippen LogP contribution in [-0.4, -0.2) is 25.0 Å². The first-order chi connectivity index (χ1) is 12.0. The fourth-order valence-electron chi connectivity index (χ4n) is 2.20. The van der Waals surface area contributed by atoms with Crippen molar-refractivity contribution in [2.24, 2.45) is 10.2 Å². The minimum Gasteiger partial charge on any atom is -0.335 e. The minimum absolute atomic E-state index is 0.00632. The van der Waals surface area contributed by atoms with E-state index in [1.54, 1.807) is 6.08 Å². The molecule has 0 saturated carbocycles. The Kier molecular flexibility index (Phi) is 5.20. The van der Waals surface area contributed by atoms with E-state index in [2.05, 4.69) is 20.9 Å². The lowest BCUT2D eigenvalue weighted by atomic mass is 10.3. The number of rotatable bonds is 4. The van der Waals surface area contributed by atoms with E-state index in [1.165, 1.54) is 0 Å². The molecule has 0 atom stereocenters. The molecule has 8 heteroatoms. The molecule has 0 aliphatic carbocycles. The van der Waals surface area contributed by atoms with E-state index in [-0.39, 0.29) is 11.5 Å². The molecule has 1 aliphatic rings. The Labute approximate surface area is 151 Å². The molecule has 0 bridgehead atoms. The third-order valence-electron chi connectivity index (χ3n) is 3.40. The van der Waals surface area contributed by atoms with Crippen LogP contribution in [0.4, 0.5) is 17.1 Å². The van der Waals surface area contributed by atoms with Crippen molar-refractivity contribution in [3.05, 3.63) is 66.4 Å². The molecule has 128 valence electrons. The maximum absolute atomic E-state index is 11.4. The van der Waals surface area contributed by atoms with Crippen molar-refractivity contribution in [3.8, 4) is 0 Å². The van der Waals surface area contributed by atoms with Crippen LogP contribution in [-0.2, 0) is 9.84 Å². The first kappa shape index (κ1) is 17.2. The lowest BCUT2D eigenvalue weighted by Gasteiger charge is -2.10. The van der Waals surface area contributed by atoms with Crippen molar-refractivity contribution in [2.45, 2.75) is 0 Å². The van der Waals surface area contributed by atoms with Crippen LogP contribution in [0.2, 0.25) is 0 Å². The predicted molar refractivity (Wildman–Crippen MR) is 103 cm³/mol. The Balaban J connectivity index is 1.56. The van der Waals surface area contributed by atoms with E-state index in [0.29, 0.717) is 10.8 Å². The Hall–Kier alpha value is -2.58. The summed E-state index contributed by atoms with van der Waals surface area (Å²) in [5.41, 5.74) is 2.89. The van der Waals surface area contributed by atoms with Crippen LogP contribution >= 0.6 is 12.2 Å². The molecule has 0 saturated heterocycles. The fourth-order valence-corrected chi connectivity index (χ4v) is 3.68. The van der Waals surface area contributed by atoms with Gasteiger partial charge in [0.1, 0.15) is 0 Å². The molecule has 0 spiro atoms. The molecular weight excluding hydrogens is 356 g/mol. The molecule has 0 fully saturated rings. The van der Waals surface area contributed by atoms with E-state index >= 15 is 0 Å². The largest absolute Gasteiger partial charge is 0.335 e. The van der Waals surface area contributed by atoms with Crippen molar-refractivity contribution < 1.29 is 8.42 Å². The number of sulfone groups is 1. The van der Waals surface area contributed by atoms with Crippen LogP contribution in [0.5, 0.6) is 0 Å². The minimum atomic E-state index is -3.01. The highest BCUT2D eigenvalue weighted by Crippen LogP contribution is 2.20. The van der Waals surface area contributed by atoms with E-state index in [4.69, 9.17) is 12.2 Å². The van der Waals surface area contributed by atoms with Crippen LogP contribution in [0.1, 0.15) is 0 Å². The first-order valence-electron chi connectivity index (χ1n) is 7.54. The summed E-state index contributed by atoms with van der Waals surface area (Å²) < 4.78 is 22.8. The summed E-state index contributed by atoms with van der Waals surface area (Å²) in [5.74, 6) is 0.0483. The second kappa shape index (κ2) is 7.54. The topological polar surface area (TPSA) is 82.9 Å². The molecular formula is C17H16N4O2S2. The lowest BCUT2D eigenvalue weighted by molar-refractivity contribution is 0.602. The van der Waals surface area contributed by atoms with Gasteiger partial charge in [-0.05, 0) is 54.7 Å². The SMILES string of the molecule is O=S1(=O)CC=C(NC(=S)Nc2ccc(N=Nc3ccccc3)cc2)C1. The Bertz CT molecular complexity index is 921. The quantitative estimate of drug-likeness (QED) is 0.632. The molecule has 6 nitrogen and oxygen atoms in total. The third kappa shape index (κ3) is 5.20. The second-order valence-corrected chi connectivity index (χ2v) is 7.96. The van der Waals surface area contributed by atoms with Crippen LogP contribution in [0.3, 0.4) is 0 Å². The Morgan fingerprint density at radius 2 is 1.56 bits per heavy atom. The molecule has 2 N–H and O–H groups in total. The van der Waals surface area contributed by atoms with Crippen molar-refractivity contribution in [2.75, 3.05) is 16.8 Å². The number of anilines is 1. The van der Waals surface area contributed by atoms with Gasteiger partial charge in [0.15, 0.2) is 14.9 Å². The van der Waals surface area contributed by atoms with Crippen LogP contribution < -0.4 is 10.6 Å². The molecule has 0 radical (unpaired) electrons. The van der Waals surface area contributed by atoms with Gasteiger partial charge in [-0.2, -0.15) is 10.2 Å². The first-order valence-corrected chi connectivity index (χ1v) is 9.77. The molecule has 2 aromatic carbocycles. The number of hydrogen-bond acceptors (Lipinski definition) is 5. The second-order valence-electron chi connectivity index (χ2n) is 5.45. The van der Waals surface area contributed by atoms with Crippen molar-refractivity contribution in [1.29, 1.82) is 0 Å². The van der Waals surface area contributed by atoms with Crippen molar-refractivity contribution in [3.63, 3.8) is 0 Å². The van der Waals surface area contributed by atoms with Gasteiger partial charge < -0.3 is 10.6 Å². The van der Waals surface area contributed by atoms with E-state index in [1.807, 2.05) is 54.6 Å². The highest BCUT2D eigenvalue weighted by atomic mass is 32.2. The number of nitrogens with one attached hydrogen (secondary N) is 2. The summed E-state index contributed by atoms with van der Waals surface area (Å²) in [5, 5.41) is 14.6. The zero-order chi connectivity index (χ0) is 17.7. The number of thiocarbonyl (C=S) groups is 1. The summed E-state index contributed by atoms with van der Waals surface area (Å²) in [6.45, 7) is 0. The van der Waals surface area contributed by atoms with Gasteiger partial charge in [0.25, 0.3) is 0 Å². The average Bonchev–Trinajstić information content (AvgIpc) is 2.93. The molecule has 1 heterocycles. The predicted octanol–water partition coefficient (Wildman–Crippen LogP) is 3.70. The van der Waals surface area contributed by atoms with Gasteiger partial charge >= 0.3 is 0 Å². The molecule has 25 heavy (non-hydrogen) atoms. The van der Waals surface area contributed by atoms with E-state index in [9.17, 15) is 8.42 Å². The molecule has 0 unspecified atom stereocenters. The molecule has 2 aromatic rings. The summed E-state index contributed by atoms with van der Waals surface area (Å²) in [4.78, 5) is 0. The molecule has 0 amide bonds. The Morgan fingerprint density at radius 1 is 0.920 bits per heavy atom. The molecule has 3 rings (SSSR count). The van der Waals surface area contributed by atoms with E-state index < -0.39 is 9.84 Å². The van der Waals surface area contributed by atoms with Gasteiger partial charge in [-0.1, -0.05) is 18.2 Å². The summed E-state index contributed by atoms with van der Waals surface area (Å²) in [6, 6.07) is 16.8. The van der Waals surface area contributed by atoms with Crippen LogP contribution in [0, 0.1) is 0 Å². The number of nitrogens with zero attached hydrogens (tertiary/aromatic N) is 2. The van der Waals surface area contributed by atoms with Crippen LogP contribution in [0.15, 0.2) is 76.6 Å². The smallest absolute Gasteiger partial charge is 0.175 e. The fraction of sp³-hybridized carbons (Fsp3) is 0.118. The summed E-state index contributed by atoms with van der Waals surface area (Å²) in [7, 11) is -3.01. The zero-order valence-electron chi connectivity index (χ0n) is 13.2. The van der Waals surface area contributed by atoms with Crippen molar-refractivity contribution in [1.82, 2.24) is 5.32 Å². The highest BCUT2D eigenvalue weighted by Gasteiger charge is 2.20. The maximum Gasteiger partial charge on any atom is 0.175 e.